The molecule has 0 spiro atoms. The minimum Gasteiger partial charge on any atom is -0.400 e. The summed E-state index contributed by atoms with van der Waals surface area (Å²) in [6, 6.07) is 0. The van der Waals surface area contributed by atoms with Gasteiger partial charge in [-0.2, -0.15) is 0 Å². The molecule has 0 atom stereocenters. The largest absolute Gasteiger partial charge is 0.586 e. The second kappa shape index (κ2) is 1.96. The molecule has 5 heteroatoms. The quantitative estimate of drug-likeness (QED) is 0.612. The molecule has 9 heavy (non-hydrogen) atoms. The Hall–Kier alpha value is -0.0700. The first kappa shape index (κ1) is 7.04. The van der Waals surface area contributed by atoms with E-state index in [2.05, 4.69) is 9.47 Å². The summed E-state index contributed by atoms with van der Waals surface area (Å²) in [6.07, 6.45) is -3.44. The van der Waals surface area contributed by atoms with Gasteiger partial charge in [-0.15, -0.1) is 8.78 Å². The van der Waals surface area contributed by atoms with Gasteiger partial charge in [0.25, 0.3) is 0 Å². The molecule has 0 aliphatic carbocycles. The highest BCUT2D eigenvalue weighted by atomic mass is 127. The average molecular weight is 248 g/mol. The van der Waals surface area contributed by atoms with Crippen LogP contribution < -0.4 is 0 Å². The highest BCUT2D eigenvalue weighted by Gasteiger charge is 2.42. The maximum absolute atomic E-state index is 12.0. The Bertz CT molecular complexity index is 150. The number of halogens is 3. The molecular formula is C4H3F2IO2. The van der Waals surface area contributed by atoms with Crippen LogP contribution in [0.3, 0.4) is 0 Å². The third kappa shape index (κ3) is 1.44. The zero-order chi connectivity index (χ0) is 7.07. The van der Waals surface area contributed by atoms with Gasteiger partial charge in [0.1, 0.15) is 0 Å². The number of hydrogen-bond acceptors (Lipinski definition) is 2. The first-order valence-electron chi connectivity index (χ1n) is 2.13. The Balaban J connectivity index is 2.70. The van der Waals surface area contributed by atoms with E-state index >= 15 is 0 Å². The molecule has 0 fully saturated rings. The Morgan fingerprint density at radius 2 is 2.00 bits per heavy atom. The number of hydrogen-bond donors (Lipinski definition) is 0. The van der Waals surface area contributed by atoms with Crippen LogP contribution in [0.2, 0.25) is 0 Å². The van der Waals surface area contributed by atoms with Crippen molar-refractivity contribution in [1.29, 1.82) is 0 Å². The summed E-state index contributed by atoms with van der Waals surface area (Å²) in [6.45, 7) is 1.42. The predicted molar refractivity (Wildman–Crippen MR) is 33.8 cm³/mol. The van der Waals surface area contributed by atoms with Gasteiger partial charge in [0.2, 0.25) is 3.77 Å². The lowest BCUT2D eigenvalue weighted by molar-refractivity contribution is -0.334. The van der Waals surface area contributed by atoms with E-state index in [1.807, 2.05) is 0 Å². The van der Waals surface area contributed by atoms with Crippen molar-refractivity contribution in [3.05, 3.63) is 9.53 Å². The first-order valence-corrected chi connectivity index (χ1v) is 3.21. The van der Waals surface area contributed by atoms with Gasteiger partial charge in [0.05, 0.1) is 0 Å². The summed E-state index contributed by atoms with van der Waals surface area (Å²) in [5, 5.41) is 0. The molecule has 2 nitrogen and oxygen atoms in total. The molecule has 0 saturated heterocycles. The van der Waals surface area contributed by atoms with Crippen LogP contribution in [0.15, 0.2) is 9.53 Å². The van der Waals surface area contributed by atoms with E-state index in [4.69, 9.17) is 0 Å². The highest BCUT2D eigenvalue weighted by Crippen LogP contribution is 2.35. The zero-order valence-electron chi connectivity index (χ0n) is 4.45. The van der Waals surface area contributed by atoms with Gasteiger partial charge in [-0.05, 0) is 6.92 Å². The monoisotopic (exact) mass is 248 g/mol. The molecule has 0 amide bonds. The minimum atomic E-state index is -3.44. The molecule has 1 rings (SSSR count). The fourth-order valence-corrected chi connectivity index (χ4v) is 0.782. The first-order chi connectivity index (χ1) is 4.01. The van der Waals surface area contributed by atoms with Crippen LogP contribution in [0.4, 0.5) is 8.78 Å². The molecule has 0 saturated carbocycles. The van der Waals surface area contributed by atoms with Crippen LogP contribution in [0, 0.1) is 0 Å². The Morgan fingerprint density at radius 1 is 1.44 bits per heavy atom. The molecule has 0 unspecified atom stereocenters. The number of allylic oxidation sites excluding steroid dienone is 1. The lowest BCUT2D eigenvalue weighted by Crippen LogP contribution is -2.15. The van der Waals surface area contributed by atoms with Crippen LogP contribution in [-0.2, 0) is 9.47 Å². The van der Waals surface area contributed by atoms with Gasteiger partial charge >= 0.3 is 6.29 Å². The van der Waals surface area contributed by atoms with E-state index in [1.165, 1.54) is 6.92 Å². The normalized spacial score (nSPS) is 23.6. The van der Waals surface area contributed by atoms with E-state index in [9.17, 15) is 8.78 Å². The summed E-state index contributed by atoms with van der Waals surface area (Å²) >= 11 is 1.64. The van der Waals surface area contributed by atoms with E-state index in [0.29, 0.717) is 0 Å². The second-order valence-electron chi connectivity index (χ2n) is 1.50. The Kier molecular flexibility index (Phi) is 1.54. The van der Waals surface area contributed by atoms with Crippen molar-refractivity contribution in [3.8, 4) is 0 Å². The summed E-state index contributed by atoms with van der Waals surface area (Å²) in [4.78, 5) is 0. The van der Waals surface area contributed by atoms with E-state index < -0.39 is 6.29 Å². The van der Waals surface area contributed by atoms with Gasteiger partial charge in [-0.1, -0.05) is 0 Å². The molecule has 52 valence electrons. The molecule has 0 aromatic rings. The summed E-state index contributed by atoms with van der Waals surface area (Å²) in [5.41, 5.74) is 0. The van der Waals surface area contributed by atoms with E-state index in [-0.39, 0.29) is 9.53 Å². The van der Waals surface area contributed by atoms with Crippen LogP contribution in [0.25, 0.3) is 0 Å². The molecule has 1 heterocycles. The van der Waals surface area contributed by atoms with Crippen molar-refractivity contribution in [1.82, 2.24) is 0 Å². The molecule has 0 N–H and O–H groups in total. The number of rotatable bonds is 0. The second-order valence-corrected chi connectivity index (χ2v) is 2.48. The zero-order valence-corrected chi connectivity index (χ0v) is 6.61. The lowest BCUT2D eigenvalue weighted by atomic mass is 10.7. The van der Waals surface area contributed by atoms with Crippen LogP contribution in [0.1, 0.15) is 6.92 Å². The SMILES string of the molecule is CC1=C(I)OC(F)(F)O1. The van der Waals surface area contributed by atoms with Crippen molar-refractivity contribution >= 4 is 22.6 Å². The average Bonchev–Trinajstić information content (AvgIpc) is 1.79. The highest BCUT2D eigenvalue weighted by molar-refractivity contribution is 14.1. The van der Waals surface area contributed by atoms with E-state index in [0.717, 1.165) is 0 Å². The van der Waals surface area contributed by atoms with Crippen molar-refractivity contribution in [3.63, 3.8) is 0 Å². The third-order valence-corrected chi connectivity index (χ3v) is 1.74. The van der Waals surface area contributed by atoms with Crippen LogP contribution in [0.5, 0.6) is 0 Å². The maximum Gasteiger partial charge on any atom is 0.586 e. The molecular weight excluding hydrogens is 245 g/mol. The molecule has 0 bridgehead atoms. The van der Waals surface area contributed by atoms with Crippen molar-refractivity contribution in [2.24, 2.45) is 0 Å². The molecule has 1 aliphatic rings. The molecule has 0 radical (unpaired) electrons. The van der Waals surface area contributed by atoms with Gasteiger partial charge in [-0.3, -0.25) is 0 Å². The van der Waals surface area contributed by atoms with Crippen molar-refractivity contribution < 1.29 is 18.3 Å². The topological polar surface area (TPSA) is 18.5 Å². The summed E-state index contributed by atoms with van der Waals surface area (Å²) in [7, 11) is 0. The van der Waals surface area contributed by atoms with Gasteiger partial charge < -0.3 is 9.47 Å². The fraction of sp³-hybridized carbons (Fsp3) is 0.500. The smallest absolute Gasteiger partial charge is 0.400 e. The Morgan fingerprint density at radius 3 is 2.11 bits per heavy atom. The van der Waals surface area contributed by atoms with Crippen molar-refractivity contribution in [2.45, 2.75) is 13.2 Å². The fourth-order valence-electron chi connectivity index (χ4n) is 0.415. The van der Waals surface area contributed by atoms with Crippen LogP contribution in [-0.4, -0.2) is 6.29 Å². The standard InChI is InChI=1S/C4H3F2IO2/c1-2-3(7)9-4(5,6)8-2/h1H3. The van der Waals surface area contributed by atoms with E-state index in [1.54, 1.807) is 22.6 Å². The number of ether oxygens (including phenoxy) is 2. The van der Waals surface area contributed by atoms with Gasteiger partial charge in [0.15, 0.2) is 5.76 Å². The molecule has 0 aromatic carbocycles. The minimum absolute atomic E-state index is 0.109. The predicted octanol–water partition coefficient (Wildman–Crippen LogP) is 2.21. The third-order valence-electron chi connectivity index (χ3n) is 0.757. The summed E-state index contributed by atoms with van der Waals surface area (Å²) in [5.74, 6) is 0.126. The number of alkyl halides is 2. The van der Waals surface area contributed by atoms with Gasteiger partial charge in [-0.25, -0.2) is 0 Å². The Labute approximate surface area is 64.0 Å². The lowest BCUT2D eigenvalue weighted by Gasteiger charge is -2.05. The summed E-state index contributed by atoms with van der Waals surface area (Å²) < 4.78 is 32.0. The molecule has 0 aromatic heterocycles. The van der Waals surface area contributed by atoms with Crippen molar-refractivity contribution in [2.75, 3.05) is 0 Å². The van der Waals surface area contributed by atoms with Crippen LogP contribution >= 0.6 is 22.6 Å². The molecule has 1 aliphatic heterocycles. The maximum atomic E-state index is 12.0. The van der Waals surface area contributed by atoms with Gasteiger partial charge in [0, 0.05) is 22.6 Å².